The minimum absolute atomic E-state index is 0.104. The molecular weight excluding hydrogens is 192 g/mol. The summed E-state index contributed by atoms with van der Waals surface area (Å²) in [5, 5.41) is 0. The largest absolute Gasteiger partial charge is 0.383 e. The molecule has 0 bridgehead atoms. The average molecular weight is 210 g/mol. The lowest BCUT2D eigenvalue weighted by atomic mass is 10.2. The van der Waals surface area contributed by atoms with Crippen LogP contribution in [0, 0.1) is 0 Å². The molecule has 0 radical (unpaired) electrons. The molecule has 80 valence electrons. The minimum Gasteiger partial charge on any atom is -0.383 e. The SMILES string of the molecule is CCS(=O)(=O)NCCC(N)COC. The lowest BCUT2D eigenvalue weighted by Crippen LogP contribution is -2.33. The highest BCUT2D eigenvalue weighted by Crippen LogP contribution is 1.89. The Morgan fingerprint density at radius 1 is 1.54 bits per heavy atom. The van der Waals surface area contributed by atoms with Gasteiger partial charge in [-0.3, -0.25) is 0 Å². The van der Waals surface area contributed by atoms with Crippen molar-refractivity contribution < 1.29 is 13.2 Å². The van der Waals surface area contributed by atoms with Crippen LogP contribution in [-0.2, 0) is 14.8 Å². The minimum atomic E-state index is -3.08. The smallest absolute Gasteiger partial charge is 0.211 e. The highest BCUT2D eigenvalue weighted by molar-refractivity contribution is 7.89. The van der Waals surface area contributed by atoms with Gasteiger partial charge in [-0.2, -0.15) is 0 Å². The van der Waals surface area contributed by atoms with Crippen molar-refractivity contribution in [3.63, 3.8) is 0 Å². The molecule has 0 aromatic heterocycles. The van der Waals surface area contributed by atoms with Crippen LogP contribution in [-0.4, -0.2) is 40.5 Å². The van der Waals surface area contributed by atoms with Crippen molar-refractivity contribution in [3.8, 4) is 0 Å². The van der Waals surface area contributed by atoms with Gasteiger partial charge in [0.05, 0.1) is 12.4 Å². The van der Waals surface area contributed by atoms with Gasteiger partial charge in [-0.1, -0.05) is 0 Å². The first kappa shape index (κ1) is 12.8. The van der Waals surface area contributed by atoms with Crippen LogP contribution in [0.25, 0.3) is 0 Å². The third-order valence-electron chi connectivity index (χ3n) is 1.60. The Balaban J connectivity index is 3.56. The molecule has 0 rings (SSSR count). The monoisotopic (exact) mass is 210 g/mol. The zero-order valence-electron chi connectivity index (χ0n) is 8.12. The molecule has 13 heavy (non-hydrogen) atoms. The van der Waals surface area contributed by atoms with E-state index < -0.39 is 10.0 Å². The predicted octanol–water partition coefficient (Wildman–Crippen LogP) is -0.710. The van der Waals surface area contributed by atoms with Gasteiger partial charge in [0.15, 0.2) is 0 Å². The van der Waals surface area contributed by atoms with Crippen LogP contribution in [0.15, 0.2) is 0 Å². The summed E-state index contributed by atoms with van der Waals surface area (Å²) in [6.45, 7) is 2.42. The standard InChI is InChI=1S/C7H18N2O3S/c1-3-13(10,11)9-5-4-7(8)6-12-2/h7,9H,3-6,8H2,1-2H3. The van der Waals surface area contributed by atoms with Gasteiger partial charge < -0.3 is 10.5 Å². The van der Waals surface area contributed by atoms with Crippen molar-refractivity contribution in [1.82, 2.24) is 4.72 Å². The Hall–Kier alpha value is -0.170. The summed E-state index contributed by atoms with van der Waals surface area (Å²) in [6, 6.07) is -0.107. The molecule has 6 heteroatoms. The van der Waals surface area contributed by atoms with Gasteiger partial charge in [0.2, 0.25) is 10.0 Å². The first-order chi connectivity index (χ1) is 6.02. The van der Waals surface area contributed by atoms with Crippen molar-refractivity contribution in [1.29, 1.82) is 0 Å². The van der Waals surface area contributed by atoms with Crippen molar-refractivity contribution >= 4 is 10.0 Å². The number of nitrogens with two attached hydrogens (primary N) is 1. The topological polar surface area (TPSA) is 81.4 Å². The van der Waals surface area contributed by atoms with E-state index in [0.29, 0.717) is 19.6 Å². The zero-order chi connectivity index (χ0) is 10.3. The molecule has 0 heterocycles. The first-order valence-corrected chi connectivity index (χ1v) is 5.89. The lowest BCUT2D eigenvalue weighted by molar-refractivity contribution is 0.177. The van der Waals surface area contributed by atoms with Crippen LogP contribution >= 0.6 is 0 Å². The number of hydrogen-bond acceptors (Lipinski definition) is 4. The van der Waals surface area contributed by atoms with Crippen molar-refractivity contribution in [2.45, 2.75) is 19.4 Å². The summed E-state index contributed by atoms with van der Waals surface area (Å²) in [4.78, 5) is 0. The Morgan fingerprint density at radius 2 is 2.15 bits per heavy atom. The van der Waals surface area contributed by atoms with E-state index in [2.05, 4.69) is 4.72 Å². The molecule has 0 fully saturated rings. The second-order valence-electron chi connectivity index (χ2n) is 2.80. The molecule has 0 aromatic carbocycles. The number of hydrogen-bond donors (Lipinski definition) is 2. The summed E-state index contributed by atoms with van der Waals surface area (Å²) >= 11 is 0. The lowest BCUT2D eigenvalue weighted by Gasteiger charge is -2.10. The van der Waals surface area contributed by atoms with E-state index in [1.54, 1.807) is 14.0 Å². The molecule has 1 unspecified atom stereocenters. The molecule has 0 aliphatic carbocycles. The third-order valence-corrected chi connectivity index (χ3v) is 3.00. The molecule has 0 aliphatic rings. The van der Waals surface area contributed by atoms with Crippen LogP contribution in [0.4, 0.5) is 0 Å². The van der Waals surface area contributed by atoms with Crippen LogP contribution in [0.5, 0.6) is 0 Å². The van der Waals surface area contributed by atoms with Crippen LogP contribution < -0.4 is 10.5 Å². The number of methoxy groups -OCH3 is 1. The number of sulfonamides is 1. The quantitative estimate of drug-likeness (QED) is 0.581. The molecule has 0 saturated carbocycles. The zero-order valence-corrected chi connectivity index (χ0v) is 8.93. The van der Waals surface area contributed by atoms with Crippen LogP contribution in [0.3, 0.4) is 0 Å². The fraction of sp³-hybridized carbons (Fsp3) is 1.00. The van der Waals surface area contributed by atoms with Gasteiger partial charge in [-0.05, 0) is 13.3 Å². The van der Waals surface area contributed by atoms with Crippen LogP contribution in [0.2, 0.25) is 0 Å². The summed E-state index contributed by atoms with van der Waals surface area (Å²) in [6.07, 6.45) is 0.590. The van der Waals surface area contributed by atoms with E-state index in [9.17, 15) is 8.42 Å². The fourth-order valence-electron chi connectivity index (χ4n) is 0.799. The van der Waals surface area contributed by atoms with Crippen LogP contribution in [0.1, 0.15) is 13.3 Å². The predicted molar refractivity (Wildman–Crippen MR) is 51.9 cm³/mol. The maximum atomic E-state index is 11.0. The molecule has 1 atom stereocenters. The second-order valence-corrected chi connectivity index (χ2v) is 4.90. The fourth-order valence-corrected chi connectivity index (χ4v) is 1.43. The average Bonchev–Trinajstić information content (AvgIpc) is 2.05. The highest BCUT2D eigenvalue weighted by Gasteiger charge is 2.07. The molecule has 0 aliphatic heterocycles. The summed E-state index contributed by atoms with van der Waals surface area (Å²) in [5.41, 5.74) is 5.60. The maximum Gasteiger partial charge on any atom is 0.211 e. The van der Waals surface area contributed by atoms with Crippen molar-refractivity contribution in [2.75, 3.05) is 26.0 Å². The summed E-state index contributed by atoms with van der Waals surface area (Å²) in [5.74, 6) is 0.104. The number of nitrogens with one attached hydrogen (secondary N) is 1. The van der Waals surface area contributed by atoms with E-state index in [1.807, 2.05) is 0 Å². The van der Waals surface area contributed by atoms with Gasteiger partial charge >= 0.3 is 0 Å². The Kier molecular flexibility index (Phi) is 6.23. The Morgan fingerprint density at radius 3 is 2.62 bits per heavy atom. The number of rotatable bonds is 7. The molecule has 0 spiro atoms. The molecule has 0 amide bonds. The Bertz CT molecular complexity index is 216. The first-order valence-electron chi connectivity index (χ1n) is 4.23. The third kappa shape index (κ3) is 6.94. The second kappa shape index (κ2) is 6.31. The van der Waals surface area contributed by atoms with E-state index in [1.165, 1.54) is 0 Å². The van der Waals surface area contributed by atoms with Gasteiger partial charge in [-0.15, -0.1) is 0 Å². The van der Waals surface area contributed by atoms with Gasteiger partial charge in [0.1, 0.15) is 0 Å². The summed E-state index contributed by atoms with van der Waals surface area (Å²) in [7, 11) is -1.51. The van der Waals surface area contributed by atoms with Gasteiger partial charge in [-0.25, -0.2) is 13.1 Å². The van der Waals surface area contributed by atoms with Crippen molar-refractivity contribution in [3.05, 3.63) is 0 Å². The van der Waals surface area contributed by atoms with Gasteiger partial charge in [0.25, 0.3) is 0 Å². The number of ether oxygens (including phenoxy) is 1. The van der Waals surface area contributed by atoms with E-state index in [4.69, 9.17) is 10.5 Å². The Labute approximate surface area is 79.7 Å². The van der Waals surface area contributed by atoms with Gasteiger partial charge in [0, 0.05) is 19.7 Å². The molecule has 0 saturated heterocycles. The van der Waals surface area contributed by atoms with E-state index in [0.717, 1.165) is 0 Å². The van der Waals surface area contributed by atoms with E-state index in [-0.39, 0.29) is 11.8 Å². The molecular formula is C7H18N2O3S. The van der Waals surface area contributed by atoms with Crippen molar-refractivity contribution in [2.24, 2.45) is 5.73 Å². The molecule has 5 nitrogen and oxygen atoms in total. The highest BCUT2D eigenvalue weighted by atomic mass is 32.2. The van der Waals surface area contributed by atoms with E-state index >= 15 is 0 Å². The summed E-state index contributed by atoms with van der Waals surface area (Å²) < 4.78 is 29.2. The molecule has 0 aromatic rings. The molecule has 3 N–H and O–H groups in total. The maximum absolute atomic E-state index is 11.0. The normalized spacial score (nSPS) is 14.4.